The van der Waals surface area contributed by atoms with Gasteiger partial charge in [-0.15, -0.1) is 9.79 Å². The number of rotatable bonds is 7. The number of carbonyl (C=O) groups excluding carboxylic acids is 3. The maximum atomic E-state index is 13.1. The van der Waals surface area contributed by atoms with E-state index >= 15 is 0 Å². The van der Waals surface area contributed by atoms with Crippen molar-refractivity contribution < 1.29 is 42.4 Å². The minimum absolute atomic E-state index is 0.0987. The Hall–Kier alpha value is -3.02. The highest BCUT2D eigenvalue weighted by molar-refractivity contribution is 7.51. The third kappa shape index (κ3) is 6.48. The van der Waals surface area contributed by atoms with E-state index in [1.165, 1.54) is 27.7 Å². The zero-order valence-corrected chi connectivity index (χ0v) is 18.7. The Morgan fingerprint density at radius 2 is 1.39 bits per heavy atom. The molecule has 0 N–H and O–H groups in total. The Balaban J connectivity index is 3.61. The van der Waals surface area contributed by atoms with E-state index in [0.717, 1.165) is 38.5 Å². The SMILES string of the molecule is COP(=O)(OC)N(C(=O)OC(C)C)N(C(=O)OC(C)C)C(=O)c1ccc([N+](=O)[O-])cc1. The van der Waals surface area contributed by atoms with E-state index in [4.69, 9.17) is 18.5 Å². The molecule has 0 unspecified atom stereocenters. The molecule has 0 aromatic heterocycles. The summed E-state index contributed by atoms with van der Waals surface area (Å²) in [6, 6.07) is 4.13. The van der Waals surface area contributed by atoms with Crippen molar-refractivity contribution >= 4 is 31.5 Å². The molecule has 13 nitrogen and oxygen atoms in total. The fraction of sp³-hybridized carbons (Fsp3) is 0.471. The summed E-state index contributed by atoms with van der Waals surface area (Å²) in [6.45, 7) is 5.93. The molecule has 0 spiro atoms. The van der Waals surface area contributed by atoms with Crippen molar-refractivity contribution in [1.82, 2.24) is 9.79 Å². The summed E-state index contributed by atoms with van der Waals surface area (Å²) in [4.78, 5) is 48.8. The molecule has 0 atom stereocenters. The topological polar surface area (TPSA) is 155 Å². The number of ether oxygens (including phenoxy) is 2. The summed E-state index contributed by atoms with van der Waals surface area (Å²) in [5, 5.41) is 11.0. The van der Waals surface area contributed by atoms with Gasteiger partial charge in [-0.2, -0.15) is 0 Å². The average Bonchev–Trinajstić information content (AvgIpc) is 2.69. The lowest BCUT2D eigenvalue weighted by Gasteiger charge is -2.34. The first-order valence-corrected chi connectivity index (χ1v) is 10.4. The molecule has 0 radical (unpaired) electrons. The molecule has 0 saturated carbocycles. The van der Waals surface area contributed by atoms with E-state index in [-0.39, 0.29) is 21.0 Å². The molecular weight excluding hydrogens is 437 g/mol. The number of non-ortho nitro benzene ring substituents is 1. The number of nitro groups is 1. The van der Waals surface area contributed by atoms with Crippen molar-refractivity contribution in [3.8, 4) is 0 Å². The van der Waals surface area contributed by atoms with Gasteiger partial charge in [-0.1, -0.05) is 0 Å². The molecule has 0 heterocycles. The van der Waals surface area contributed by atoms with Crippen molar-refractivity contribution in [2.45, 2.75) is 39.9 Å². The van der Waals surface area contributed by atoms with Gasteiger partial charge in [0.15, 0.2) is 0 Å². The van der Waals surface area contributed by atoms with Crippen LogP contribution in [0.25, 0.3) is 0 Å². The van der Waals surface area contributed by atoms with Crippen LogP contribution in [0.2, 0.25) is 0 Å². The Labute approximate surface area is 178 Å². The molecule has 1 aromatic carbocycles. The number of carbonyl (C=O) groups is 3. The van der Waals surface area contributed by atoms with Crippen LogP contribution in [0.5, 0.6) is 0 Å². The zero-order valence-electron chi connectivity index (χ0n) is 17.8. The lowest BCUT2D eigenvalue weighted by molar-refractivity contribution is -0.384. The van der Waals surface area contributed by atoms with Gasteiger partial charge in [0.1, 0.15) is 0 Å². The maximum Gasteiger partial charge on any atom is 0.459 e. The van der Waals surface area contributed by atoms with Gasteiger partial charge in [-0.3, -0.25) is 24.0 Å². The molecule has 1 rings (SSSR count). The van der Waals surface area contributed by atoms with Crippen LogP contribution in [0.15, 0.2) is 24.3 Å². The van der Waals surface area contributed by atoms with Crippen LogP contribution in [0.3, 0.4) is 0 Å². The molecule has 31 heavy (non-hydrogen) atoms. The number of imide groups is 1. The highest BCUT2D eigenvalue weighted by Gasteiger charge is 2.48. The Morgan fingerprint density at radius 3 is 1.77 bits per heavy atom. The summed E-state index contributed by atoms with van der Waals surface area (Å²) in [6.07, 6.45) is -4.23. The minimum atomic E-state index is -4.60. The van der Waals surface area contributed by atoms with E-state index in [0.29, 0.717) is 0 Å². The fourth-order valence-corrected chi connectivity index (χ4v) is 3.19. The van der Waals surface area contributed by atoms with Crippen LogP contribution >= 0.6 is 7.75 Å². The van der Waals surface area contributed by atoms with Gasteiger partial charge in [0.05, 0.1) is 17.1 Å². The maximum absolute atomic E-state index is 13.1. The second kappa shape index (κ2) is 10.8. The van der Waals surface area contributed by atoms with E-state index in [1.807, 2.05) is 0 Å². The smallest absolute Gasteiger partial charge is 0.445 e. The predicted molar refractivity (Wildman–Crippen MR) is 106 cm³/mol. The Bertz CT molecular complexity index is 863. The van der Waals surface area contributed by atoms with Crippen molar-refractivity contribution in [3.05, 3.63) is 39.9 Å². The third-order valence-electron chi connectivity index (χ3n) is 3.41. The average molecular weight is 461 g/mol. The predicted octanol–water partition coefficient (Wildman–Crippen LogP) is 3.74. The summed E-state index contributed by atoms with van der Waals surface area (Å²) in [5.74, 6) is -1.20. The first-order valence-electron chi connectivity index (χ1n) is 8.90. The summed E-state index contributed by atoms with van der Waals surface area (Å²) in [5.41, 5.74) is -0.573. The number of hydrazine groups is 1. The van der Waals surface area contributed by atoms with Crippen molar-refractivity contribution in [1.29, 1.82) is 0 Å². The van der Waals surface area contributed by atoms with Crippen LogP contribution in [0.1, 0.15) is 38.1 Å². The third-order valence-corrected chi connectivity index (χ3v) is 5.14. The lowest BCUT2D eigenvalue weighted by Crippen LogP contribution is -2.52. The second-order valence-electron chi connectivity index (χ2n) is 6.41. The number of benzene rings is 1. The molecule has 0 fully saturated rings. The summed E-state index contributed by atoms with van der Waals surface area (Å²) >= 11 is 0. The number of hydrogen-bond donors (Lipinski definition) is 0. The zero-order chi connectivity index (χ0) is 23.9. The molecule has 0 bridgehead atoms. The molecule has 0 aliphatic heterocycles. The molecule has 3 amide bonds. The normalized spacial score (nSPS) is 11.2. The first-order chi connectivity index (χ1) is 14.4. The van der Waals surface area contributed by atoms with Gasteiger partial charge >= 0.3 is 19.9 Å². The van der Waals surface area contributed by atoms with Crippen LogP contribution in [0.4, 0.5) is 15.3 Å². The largest absolute Gasteiger partial charge is 0.459 e. The monoisotopic (exact) mass is 461 g/mol. The molecular formula is C17H24N3O10P. The highest BCUT2D eigenvalue weighted by Crippen LogP contribution is 2.52. The lowest BCUT2D eigenvalue weighted by atomic mass is 10.2. The quantitative estimate of drug-likeness (QED) is 0.333. The van der Waals surface area contributed by atoms with E-state index in [2.05, 4.69) is 0 Å². The van der Waals surface area contributed by atoms with E-state index < -0.39 is 43.0 Å². The van der Waals surface area contributed by atoms with Crippen LogP contribution < -0.4 is 0 Å². The molecule has 0 aliphatic rings. The fourth-order valence-electron chi connectivity index (χ4n) is 2.12. The van der Waals surface area contributed by atoms with Gasteiger partial charge in [-0.25, -0.2) is 14.2 Å². The van der Waals surface area contributed by atoms with E-state index in [9.17, 15) is 29.1 Å². The van der Waals surface area contributed by atoms with Crippen molar-refractivity contribution in [2.75, 3.05) is 14.2 Å². The highest BCUT2D eigenvalue weighted by atomic mass is 31.2. The van der Waals surface area contributed by atoms with Crippen molar-refractivity contribution in [2.24, 2.45) is 0 Å². The van der Waals surface area contributed by atoms with Gasteiger partial charge in [0.2, 0.25) is 0 Å². The van der Waals surface area contributed by atoms with Gasteiger partial charge in [0, 0.05) is 31.9 Å². The van der Waals surface area contributed by atoms with Gasteiger partial charge in [0.25, 0.3) is 11.6 Å². The van der Waals surface area contributed by atoms with Crippen LogP contribution in [0, 0.1) is 10.1 Å². The number of hydrogen-bond acceptors (Lipinski definition) is 10. The van der Waals surface area contributed by atoms with Crippen LogP contribution in [-0.2, 0) is 23.1 Å². The second-order valence-corrected chi connectivity index (χ2v) is 8.46. The van der Waals surface area contributed by atoms with Crippen LogP contribution in [-0.4, -0.2) is 59.2 Å². The van der Waals surface area contributed by atoms with Gasteiger partial charge in [-0.05, 0) is 39.8 Å². The minimum Gasteiger partial charge on any atom is -0.445 e. The molecule has 14 heteroatoms. The standard InChI is InChI=1S/C17H24N3O10P/c1-11(2)29-16(22)18(15(21)13-7-9-14(10-8-13)20(24)25)19(17(23)30-12(3)4)31(26,27-5)28-6/h7-12H,1-6H3. The summed E-state index contributed by atoms with van der Waals surface area (Å²) < 4.78 is 32.8. The Morgan fingerprint density at radius 1 is 0.935 bits per heavy atom. The molecule has 0 aliphatic carbocycles. The number of nitrogens with zero attached hydrogens (tertiary/aromatic N) is 3. The summed E-state index contributed by atoms with van der Waals surface area (Å²) in [7, 11) is -2.74. The molecule has 172 valence electrons. The Kier molecular flexibility index (Phi) is 9.10. The molecule has 0 saturated heterocycles. The number of nitro benzene ring substituents is 1. The van der Waals surface area contributed by atoms with Gasteiger partial charge < -0.3 is 9.47 Å². The molecule has 1 aromatic rings. The van der Waals surface area contributed by atoms with E-state index in [1.54, 1.807) is 0 Å². The number of amides is 3. The first kappa shape index (κ1) is 26.0. The van der Waals surface area contributed by atoms with Crippen molar-refractivity contribution in [3.63, 3.8) is 0 Å².